The SMILES string of the molecule is CC1(C)c2ccccc2N(c2cc(N(c3ccc(-c4ccncc4)cc3)c3ccc(-c4ccncc4)cc3)cc(N3c4ccccc4C(C)(C)c4ccccc43)n2)c2ccccc21. The lowest BCUT2D eigenvalue weighted by Gasteiger charge is -2.43. The third-order valence-corrected chi connectivity index (χ3v) is 13.1. The second kappa shape index (κ2) is 15.0. The maximum Gasteiger partial charge on any atom is 0.142 e. The van der Waals surface area contributed by atoms with Gasteiger partial charge in [0.1, 0.15) is 11.6 Å². The summed E-state index contributed by atoms with van der Waals surface area (Å²) in [6.07, 6.45) is 7.37. The Bertz CT molecular complexity index is 2820. The number of hydrogen-bond donors (Lipinski definition) is 0. The first-order valence-electron chi connectivity index (χ1n) is 21.6. The quantitative estimate of drug-likeness (QED) is 0.160. The number of anilines is 9. The predicted octanol–water partition coefficient (Wildman–Crippen LogP) is 14.9. The highest BCUT2D eigenvalue weighted by Crippen LogP contribution is 2.55. The van der Waals surface area contributed by atoms with Crippen LogP contribution in [0.5, 0.6) is 0 Å². The largest absolute Gasteiger partial charge is 0.310 e. The summed E-state index contributed by atoms with van der Waals surface area (Å²) in [7, 11) is 0. The molecule has 6 nitrogen and oxygen atoms in total. The van der Waals surface area contributed by atoms with Crippen molar-refractivity contribution in [2.75, 3.05) is 14.7 Å². The molecule has 2 aliphatic rings. The Morgan fingerprint density at radius 3 is 0.984 bits per heavy atom. The zero-order chi connectivity index (χ0) is 42.7. The van der Waals surface area contributed by atoms with E-state index in [0.717, 1.165) is 73.7 Å². The zero-order valence-electron chi connectivity index (χ0n) is 35.8. The molecule has 0 amide bonds. The average molecular weight is 815 g/mol. The van der Waals surface area contributed by atoms with Gasteiger partial charge in [-0.2, -0.15) is 0 Å². The van der Waals surface area contributed by atoms with Gasteiger partial charge in [0.2, 0.25) is 0 Å². The van der Waals surface area contributed by atoms with E-state index in [0.29, 0.717) is 0 Å². The Kier molecular flexibility index (Phi) is 9.05. The van der Waals surface area contributed by atoms with Crippen LogP contribution < -0.4 is 14.7 Å². The number of aromatic nitrogens is 3. The van der Waals surface area contributed by atoms with Gasteiger partial charge >= 0.3 is 0 Å². The molecule has 0 saturated heterocycles. The molecular formula is C57H46N6. The Hall–Kier alpha value is -7.83. The van der Waals surface area contributed by atoms with Gasteiger partial charge in [-0.1, -0.05) is 125 Å². The van der Waals surface area contributed by atoms with Crippen LogP contribution in [0.4, 0.5) is 51.4 Å². The molecule has 3 aromatic heterocycles. The van der Waals surface area contributed by atoms with Crippen LogP contribution in [-0.2, 0) is 10.8 Å². The highest BCUT2D eigenvalue weighted by Gasteiger charge is 2.40. The van der Waals surface area contributed by atoms with Crippen LogP contribution in [0.2, 0.25) is 0 Å². The molecule has 2 aliphatic heterocycles. The fourth-order valence-corrected chi connectivity index (χ4v) is 9.82. The van der Waals surface area contributed by atoms with E-state index in [9.17, 15) is 0 Å². The highest BCUT2D eigenvalue weighted by atomic mass is 15.3. The van der Waals surface area contributed by atoms with Crippen LogP contribution in [-0.4, -0.2) is 15.0 Å². The Morgan fingerprint density at radius 1 is 0.349 bits per heavy atom. The molecule has 6 aromatic carbocycles. The lowest BCUT2D eigenvalue weighted by Crippen LogP contribution is -2.32. The molecule has 6 heteroatoms. The first kappa shape index (κ1) is 38.1. The maximum atomic E-state index is 5.76. The van der Waals surface area contributed by atoms with Crippen LogP contribution in [0, 0.1) is 0 Å². The highest BCUT2D eigenvalue weighted by molar-refractivity contribution is 5.91. The molecule has 9 aromatic rings. The summed E-state index contributed by atoms with van der Waals surface area (Å²) in [5, 5.41) is 0. The van der Waals surface area contributed by atoms with Gasteiger partial charge in [0.15, 0.2) is 0 Å². The molecule has 0 atom stereocenters. The summed E-state index contributed by atoms with van der Waals surface area (Å²) in [6, 6.07) is 65.6. The van der Waals surface area contributed by atoms with Crippen molar-refractivity contribution in [2.45, 2.75) is 38.5 Å². The first-order chi connectivity index (χ1) is 30.8. The van der Waals surface area contributed by atoms with Crippen LogP contribution in [0.25, 0.3) is 22.3 Å². The summed E-state index contributed by atoms with van der Waals surface area (Å²) in [5.41, 5.74) is 16.5. The fraction of sp³-hybridized carbons (Fsp3) is 0.105. The van der Waals surface area contributed by atoms with Crippen molar-refractivity contribution in [1.82, 2.24) is 15.0 Å². The molecule has 0 bridgehead atoms. The molecule has 0 aliphatic carbocycles. The van der Waals surface area contributed by atoms with E-state index in [2.05, 4.69) is 234 Å². The second-order valence-electron chi connectivity index (χ2n) is 17.4. The molecule has 0 N–H and O–H groups in total. The number of para-hydroxylation sites is 4. The normalized spacial score (nSPS) is 14.2. The molecule has 0 saturated carbocycles. The Labute approximate surface area is 369 Å². The van der Waals surface area contributed by atoms with E-state index < -0.39 is 0 Å². The van der Waals surface area contributed by atoms with Crippen LogP contribution in [0.1, 0.15) is 49.9 Å². The van der Waals surface area contributed by atoms with Gasteiger partial charge in [-0.25, -0.2) is 4.98 Å². The van der Waals surface area contributed by atoms with Gasteiger partial charge < -0.3 is 4.90 Å². The molecule has 11 rings (SSSR count). The van der Waals surface area contributed by atoms with E-state index in [4.69, 9.17) is 4.98 Å². The number of rotatable bonds is 7. The molecule has 63 heavy (non-hydrogen) atoms. The van der Waals surface area contributed by atoms with Gasteiger partial charge in [0.05, 0.1) is 28.4 Å². The summed E-state index contributed by atoms with van der Waals surface area (Å²) < 4.78 is 0. The average Bonchev–Trinajstić information content (AvgIpc) is 3.33. The van der Waals surface area contributed by atoms with Gasteiger partial charge in [-0.3, -0.25) is 19.8 Å². The van der Waals surface area contributed by atoms with Gasteiger partial charge in [0, 0.05) is 59.1 Å². The summed E-state index contributed by atoms with van der Waals surface area (Å²) in [6.45, 7) is 9.31. The molecule has 0 spiro atoms. The van der Waals surface area contributed by atoms with Gasteiger partial charge in [0.25, 0.3) is 0 Å². The number of benzene rings is 6. The predicted molar refractivity (Wildman–Crippen MR) is 259 cm³/mol. The minimum absolute atomic E-state index is 0.223. The van der Waals surface area contributed by atoms with Gasteiger partial charge in [-0.05, 0) is 117 Å². The standard InChI is InChI=1S/C57H46N6/c1-56(2)46-13-5-9-17-50(46)62(51-18-10-6-14-47(51)56)54-37-45(38-55(60-54)63-52-19-11-7-15-48(52)57(3,4)49-16-8-12-20-53(49)63)61(43-25-21-39(22-26-43)41-29-33-58-34-30-41)44-27-23-40(24-28-44)42-31-35-59-36-32-42/h5-38H,1-4H3. The smallest absolute Gasteiger partial charge is 0.142 e. The number of nitrogens with zero attached hydrogens (tertiary/aromatic N) is 6. The molecule has 0 fully saturated rings. The van der Waals surface area contributed by atoms with Crippen molar-refractivity contribution >= 4 is 51.4 Å². The molecular weight excluding hydrogens is 769 g/mol. The van der Waals surface area contributed by atoms with Gasteiger partial charge in [-0.15, -0.1) is 0 Å². The molecule has 0 radical (unpaired) electrons. The number of fused-ring (bicyclic) bond motifs is 4. The lowest BCUT2D eigenvalue weighted by atomic mass is 9.73. The third kappa shape index (κ3) is 6.37. The van der Waals surface area contributed by atoms with Crippen molar-refractivity contribution in [3.8, 4) is 22.3 Å². The molecule has 0 unspecified atom stereocenters. The van der Waals surface area contributed by atoms with Crippen molar-refractivity contribution in [2.24, 2.45) is 0 Å². The zero-order valence-corrected chi connectivity index (χ0v) is 35.8. The number of pyridine rings is 3. The van der Waals surface area contributed by atoms with Crippen molar-refractivity contribution < 1.29 is 0 Å². The Balaban J connectivity index is 1.18. The number of hydrogen-bond acceptors (Lipinski definition) is 6. The van der Waals surface area contributed by atoms with E-state index in [-0.39, 0.29) is 10.8 Å². The van der Waals surface area contributed by atoms with Crippen molar-refractivity contribution in [3.63, 3.8) is 0 Å². The minimum Gasteiger partial charge on any atom is -0.310 e. The monoisotopic (exact) mass is 814 g/mol. The van der Waals surface area contributed by atoms with Crippen LogP contribution >= 0.6 is 0 Å². The minimum atomic E-state index is -0.223. The van der Waals surface area contributed by atoms with E-state index in [1.807, 2.05) is 24.8 Å². The van der Waals surface area contributed by atoms with E-state index in [1.165, 1.54) is 22.3 Å². The fourth-order valence-electron chi connectivity index (χ4n) is 9.82. The summed E-state index contributed by atoms with van der Waals surface area (Å²) >= 11 is 0. The third-order valence-electron chi connectivity index (χ3n) is 13.1. The van der Waals surface area contributed by atoms with Crippen molar-refractivity contribution in [3.05, 3.63) is 229 Å². The molecule has 304 valence electrons. The van der Waals surface area contributed by atoms with Crippen molar-refractivity contribution in [1.29, 1.82) is 0 Å². The molecule has 5 heterocycles. The Morgan fingerprint density at radius 2 is 0.651 bits per heavy atom. The second-order valence-corrected chi connectivity index (χ2v) is 17.4. The van der Waals surface area contributed by atoms with E-state index in [1.54, 1.807) is 0 Å². The maximum absolute atomic E-state index is 5.76. The summed E-state index contributed by atoms with van der Waals surface area (Å²) in [5.74, 6) is 1.65. The summed E-state index contributed by atoms with van der Waals surface area (Å²) in [4.78, 5) is 21.4. The first-order valence-corrected chi connectivity index (χ1v) is 21.6. The lowest BCUT2D eigenvalue weighted by molar-refractivity contribution is 0.630. The topological polar surface area (TPSA) is 48.4 Å². The van der Waals surface area contributed by atoms with Crippen LogP contribution in [0.3, 0.4) is 0 Å². The van der Waals surface area contributed by atoms with E-state index >= 15 is 0 Å². The van der Waals surface area contributed by atoms with Crippen LogP contribution in [0.15, 0.2) is 207 Å².